The molecule has 2 atom stereocenters. The molecular formula is C76H56F4N2. The predicted octanol–water partition coefficient (Wildman–Crippen LogP) is 20.4. The molecule has 2 aliphatic carbocycles. The highest BCUT2D eigenvalue weighted by Crippen LogP contribution is 2.60. The summed E-state index contributed by atoms with van der Waals surface area (Å²) in [5, 5.41) is 0. The maximum Gasteiger partial charge on any atom is 0.150 e. The molecule has 2 aliphatic rings. The topological polar surface area (TPSA) is 6.48 Å². The summed E-state index contributed by atoms with van der Waals surface area (Å²) in [6, 6.07) is 73.6. The lowest BCUT2D eigenvalue weighted by Crippen LogP contribution is -2.30. The Morgan fingerprint density at radius 1 is 0.317 bits per heavy atom. The van der Waals surface area contributed by atoms with Gasteiger partial charge in [-0.05, 0) is 190 Å². The Kier molecular flexibility index (Phi) is 12.7. The number of benzene rings is 11. The van der Waals surface area contributed by atoms with Gasteiger partial charge in [0.1, 0.15) is 34.6 Å². The molecule has 2 unspecified atom stereocenters. The van der Waals surface area contributed by atoms with Crippen molar-refractivity contribution in [3.05, 3.63) is 345 Å². The van der Waals surface area contributed by atoms with Crippen LogP contribution in [-0.4, -0.2) is 0 Å². The van der Waals surface area contributed by atoms with Crippen LogP contribution in [0.2, 0.25) is 0 Å². The van der Waals surface area contributed by atoms with Gasteiger partial charge in [0.25, 0.3) is 0 Å². The standard InChI is InChI=1S/C76H56F4N2/c1-7-51-27-31-53(32-28-51)75(65-43-47(3)23-25-49(65)5)63-17-11-9-15-59(63)61-41-39-57(45-67(61)75)81(73-69(77)19-13-20-70(73)78)55-35-37-56(38-36-55)82(74-71(79)21-14-22-72(74)80)58-40-42-62-60-16-10-12-18-64(60)76(68(62)46-58,54-33-29-52(8-2)30-34-54)66-44-48(4)24-26-50(66)6/h7-46H,1-2H2,3-6H3. The van der Waals surface area contributed by atoms with E-state index in [0.29, 0.717) is 22.7 Å². The fourth-order valence-electron chi connectivity index (χ4n) is 13.3. The highest BCUT2D eigenvalue weighted by atomic mass is 19.1. The van der Waals surface area contributed by atoms with Crippen molar-refractivity contribution in [1.82, 2.24) is 0 Å². The van der Waals surface area contributed by atoms with Crippen LogP contribution < -0.4 is 9.80 Å². The zero-order chi connectivity index (χ0) is 56.6. The van der Waals surface area contributed by atoms with Crippen LogP contribution in [0.4, 0.5) is 51.7 Å². The maximum atomic E-state index is 16.8. The average Bonchev–Trinajstić information content (AvgIpc) is 2.61. The van der Waals surface area contributed by atoms with E-state index in [0.717, 1.165) is 100 Å². The SMILES string of the molecule is C=Cc1ccc(C2(c3cc(C)ccc3C)c3ccccc3-c3ccc(N(c4ccc(N(c5ccc6c(c5)C(c5ccc(C=C)cc5)(c5cc(C)ccc5C)c5ccccc5-6)c5c(F)cccc5F)cc4)c4c(F)cccc4F)cc32)cc1. The van der Waals surface area contributed by atoms with Gasteiger partial charge in [-0.25, -0.2) is 17.6 Å². The molecule has 11 aromatic carbocycles. The summed E-state index contributed by atoms with van der Waals surface area (Å²) in [5.74, 6) is -3.08. The summed E-state index contributed by atoms with van der Waals surface area (Å²) in [6.07, 6.45) is 3.66. The van der Waals surface area contributed by atoms with Crippen molar-refractivity contribution in [2.45, 2.75) is 38.5 Å². The van der Waals surface area contributed by atoms with Crippen LogP contribution in [0.15, 0.2) is 244 Å². The smallest absolute Gasteiger partial charge is 0.150 e. The molecule has 0 heterocycles. The van der Waals surface area contributed by atoms with Crippen LogP contribution in [-0.2, 0) is 10.8 Å². The molecule has 0 saturated carbocycles. The number of nitrogens with zero attached hydrogens (tertiary/aromatic N) is 2. The molecule has 6 heteroatoms. The van der Waals surface area contributed by atoms with Crippen LogP contribution in [0.25, 0.3) is 34.4 Å². The molecule has 0 fully saturated rings. The van der Waals surface area contributed by atoms with Gasteiger partial charge < -0.3 is 9.80 Å². The lowest BCUT2D eigenvalue weighted by molar-refractivity contribution is 0.585. The summed E-state index contributed by atoms with van der Waals surface area (Å²) >= 11 is 0. The van der Waals surface area contributed by atoms with Gasteiger partial charge in [-0.1, -0.05) is 194 Å². The molecule has 11 aromatic rings. The van der Waals surface area contributed by atoms with E-state index in [1.807, 2.05) is 36.4 Å². The first-order valence-electron chi connectivity index (χ1n) is 27.6. The van der Waals surface area contributed by atoms with Gasteiger partial charge in [0.15, 0.2) is 0 Å². The number of halogens is 4. The Morgan fingerprint density at radius 3 is 1.02 bits per heavy atom. The first kappa shape index (κ1) is 51.6. The number of hydrogen-bond donors (Lipinski definition) is 0. The summed E-state index contributed by atoms with van der Waals surface area (Å²) in [4.78, 5) is 3.20. The molecule has 0 N–H and O–H groups in total. The molecule has 0 bridgehead atoms. The van der Waals surface area contributed by atoms with Gasteiger partial charge in [-0.3, -0.25) is 0 Å². The Labute approximate surface area is 476 Å². The number of aryl methyl sites for hydroxylation is 4. The fourth-order valence-corrected chi connectivity index (χ4v) is 13.3. The number of fused-ring (bicyclic) bond motifs is 6. The summed E-state index contributed by atoms with van der Waals surface area (Å²) in [7, 11) is 0. The van der Waals surface area contributed by atoms with Gasteiger partial charge >= 0.3 is 0 Å². The van der Waals surface area contributed by atoms with E-state index in [-0.39, 0.29) is 11.4 Å². The molecule has 0 amide bonds. The van der Waals surface area contributed by atoms with Crippen LogP contribution in [0.5, 0.6) is 0 Å². The lowest BCUT2D eigenvalue weighted by atomic mass is 9.66. The monoisotopic (exact) mass is 1070 g/mol. The zero-order valence-corrected chi connectivity index (χ0v) is 45.9. The van der Waals surface area contributed by atoms with Crippen LogP contribution in [0.1, 0.15) is 77.9 Å². The maximum absolute atomic E-state index is 16.8. The number of anilines is 6. The minimum absolute atomic E-state index is 0.280. The van der Waals surface area contributed by atoms with Gasteiger partial charge in [0.05, 0.1) is 10.8 Å². The average molecular weight is 1070 g/mol. The fraction of sp³-hybridized carbons (Fsp3) is 0.0789. The largest absolute Gasteiger partial charge is 0.305 e. The van der Waals surface area contributed by atoms with E-state index >= 15 is 17.6 Å². The quantitative estimate of drug-likeness (QED) is 0.113. The number of hydrogen-bond acceptors (Lipinski definition) is 2. The third kappa shape index (κ3) is 7.91. The summed E-state index contributed by atoms with van der Waals surface area (Å²) in [5.41, 5.74) is 18.2. The first-order chi connectivity index (χ1) is 39.9. The minimum atomic E-state index is -0.854. The van der Waals surface area contributed by atoms with Crippen molar-refractivity contribution in [1.29, 1.82) is 0 Å². The van der Waals surface area contributed by atoms with Gasteiger partial charge in [0, 0.05) is 22.7 Å². The van der Waals surface area contributed by atoms with E-state index in [2.05, 4.69) is 186 Å². The van der Waals surface area contributed by atoms with Crippen molar-refractivity contribution in [2.75, 3.05) is 9.80 Å². The molecule has 2 nitrogen and oxygen atoms in total. The molecule has 13 rings (SSSR count). The second kappa shape index (κ2) is 20.1. The number of para-hydroxylation sites is 2. The van der Waals surface area contributed by atoms with Crippen molar-refractivity contribution < 1.29 is 17.6 Å². The van der Waals surface area contributed by atoms with Crippen molar-refractivity contribution in [3.63, 3.8) is 0 Å². The molecule has 82 heavy (non-hydrogen) atoms. The van der Waals surface area contributed by atoms with Crippen molar-refractivity contribution >= 4 is 46.3 Å². The third-order valence-electron chi connectivity index (χ3n) is 17.0. The van der Waals surface area contributed by atoms with E-state index in [1.54, 1.807) is 34.1 Å². The first-order valence-corrected chi connectivity index (χ1v) is 27.6. The van der Waals surface area contributed by atoms with Crippen LogP contribution in [0, 0.1) is 51.0 Å². The number of rotatable bonds is 12. The third-order valence-corrected chi connectivity index (χ3v) is 17.0. The van der Waals surface area contributed by atoms with E-state index in [9.17, 15) is 0 Å². The molecule has 0 spiro atoms. The van der Waals surface area contributed by atoms with Crippen molar-refractivity contribution in [2.24, 2.45) is 0 Å². The predicted molar refractivity (Wildman–Crippen MR) is 329 cm³/mol. The Bertz CT molecular complexity index is 4050. The Morgan fingerprint density at radius 2 is 0.659 bits per heavy atom. The highest BCUT2D eigenvalue weighted by Gasteiger charge is 2.49. The molecule has 0 aliphatic heterocycles. The van der Waals surface area contributed by atoms with Gasteiger partial charge in [-0.15, -0.1) is 0 Å². The molecule has 0 saturated heterocycles. The summed E-state index contributed by atoms with van der Waals surface area (Å²) in [6.45, 7) is 16.5. The summed E-state index contributed by atoms with van der Waals surface area (Å²) < 4.78 is 67.1. The van der Waals surface area contributed by atoms with Crippen LogP contribution in [0.3, 0.4) is 0 Å². The van der Waals surface area contributed by atoms with E-state index < -0.39 is 34.1 Å². The highest BCUT2D eigenvalue weighted by molar-refractivity contribution is 5.93. The lowest BCUT2D eigenvalue weighted by Gasteiger charge is -2.36. The molecule has 0 aromatic heterocycles. The molecule has 0 radical (unpaired) electrons. The van der Waals surface area contributed by atoms with E-state index in [4.69, 9.17) is 0 Å². The minimum Gasteiger partial charge on any atom is -0.305 e. The van der Waals surface area contributed by atoms with Crippen LogP contribution >= 0.6 is 0 Å². The second-order valence-electron chi connectivity index (χ2n) is 21.7. The van der Waals surface area contributed by atoms with Gasteiger partial charge in [-0.2, -0.15) is 0 Å². The Balaban J connectivity index is 1.02. The zero-order valence-electron chi connectivity index (χ0n) is 45.9. The molecule has 398 valence electrons. The Hall–Kier alpha value is -9.78. The van der Waals surface area contributed by atoms with Gasteiger partial charge in [0.2, 0.25) is 0 Å². The molecular weight excluding hydrogens is 1020 g/mol. The second-order valence-corrected chi connectivity index (χ2v) is 21.7. The normalized spacial score (nSPS) is 15.5. The van der Waals surface area contributed by atoms with Crippen molar-refractivity contribution in [3.8, 4) is 22.3 Å². The van der Waals surface area contributed by atoms with E-state index in [1.165, 1.54) is 36.4 Å².